The molecule has 1 amide bonds. The van der Waals surface area contributed by atoms with Crippen molar-refractivity contribution in [3.63, 3.8) is 0 Å². The Hall–Kier alpha value is -0.610. The third kappa shape index (κ3) is 2.47. The number of amides is 1. The first-order valence-corrected chi connectivity index (χ1v) is 6.71. The topological polar surface area (TPSA) is 44.4 Å². The molecule has 4 heteroatoms. The summed E-state index contributed by atoms with van der Waals surface area (Å²) >= 11 is 0. The van der Waals surface area contributed by atoms with E-state index < -0.39 is 0 Å². The fraction of sp³-hybridized carbons (Fsp3) is 0.923. The van der Waals surface area contributed by atoms with Crippen molar-refractivity contribution in [2.45, 2.75) is 31.7 Å². The molecule has 17 heavy (non-hydrogen) atoms. The number of likely N-dealkylation sites (N-methyl/N-ethyl adjacent to an activating group) is 1. The molecule has 1 atom stereocenters. The Balaban J connectivity index is 1.78. The van der Waals surface area contributed by atoms with Gasteiger partial charge in [-0.25, -0.2) is 0 Å². The standard InChI is InChI=1S/C13H25N3O/c1-10(11-7-14-8-11)12(17)15-9-13(16(2)3)5-4-6-13/h10-11,14H,4-9H2,1-3H3,(H,15,17). The van der Waals surface area contributed by atoms with Gasteiger partial charge in [-0.15, -0.1) is 0 Å². The Labute approximate surface area is 104 Å². The molecule has 1 saturated carbocycles. The van der Waals surface area contributed by atoms with Crippen LogP contribution in [-0.4, -0.2) is 50.1 Å². The van der Waals surface area contributed by atoms with Crippen LogP contribution < -0.4 is 10.6 Å². The second-order valence-electron chi connectivity index (χ2n) is 5.90. The predicted molar refractivity (Wildman–Crippen MR) is 68.8 cm³/mol. The van der Waals surface area contributed by atoms with Crippen LogP contribution in [0.4, 0.5) is 0 Å². The molecule has 0 aromatic rings. The lowest BCUT2D eigenvalue weighted by molar-refractivity contribution is -0.127. The zero-order chi connectivity index (χ0) is 12.5. The molecule has 1 aliphatic carbocycles. The molecule has 1 aliphatic heterocycles. The van der Waals surface area contributed by atoms with Crippen molar-refractivity contribution in [2.24, 2.45) is 11.8 Å². The summed E-state index contributed by atoms with van der Waals surface area (Å²) in [7, 11) is 4.23. The van der Waals surface area contributed by atoms with Crippen molar-refractivity contribution in [1.29, 1.82) is 0 Å². The average molecular weight is 239 g/mol. The maximum absolute atomic E-state index is 12.0. The highest BCUT2D eigenvalue weighted by molar-refractivity contribution is 5.78. The molecule has 2 aliphatic rings. The molecule has 0 radical (unpaired) electrons. The third-order valence-corrected chi connectivity index (χ3v) is 4.76. The normalized spacial score (nSPS) is 24.9. The number of hydrogen-bond acceptors (Lipinski definition) is 3. The molecule has 2 fully saturated rings. The Bertz CT molecular complexity index is 282. The first-order chi connectivity index (χ1) is 8.05. The highest BCUT2D eigenvalue weighted by atomic mass is 16.1. The van der Waals surface area contributed by atoms with Gasteiger partial charge >= 0.3 is 0 Å². The predicted octanol–water partition coefficient (Wildman–Crippen LogP) is 0.442. The first kappa shape index (κ1) is 12.8. The van der Waals surface area contributed by atoms with Crippen molar-refractivity contribution < 1.29 is 4.79 Å². The maximum Gasteiger partial charge on any atom is 0.223 e. The second-order valence-corrected chi connectivity index (χ2v) is 5.90. The fourth-order valence-electron chi connectivity index (χ4n) is 2.66. The van der Waals surface area contributed by atoms with Crippen LogP contribution in [0.25, 0.3) is 0 Å². The maximum atomic E-state index is 12.0. The van der Waals surface area contributed by atoms with Gasteiger partial charge in [-0.1, -0.05) is 6.92 Å². The van der Waals surface area contributed by atoms with Gasteiger partial charge in [-0.2, -0.15) is 0 Å². The first-order valence-electron chi connectivity index (χ1n) is 6.71. The van der Waals surface area contributed by atoms with Crippen LogP contribution in [0.5, 0.6) is 0 Å². The summed E-state index contributed by atoms with van der Waals surface area (Å²) in [5.41, 5.74) is 0.229. The third-order valence-electron chi connectivity index (χ3n) is 4.76. The summed E-state index contributed by atoms with van der Waals surface area (Å²) in [5, 5.41) is 6.37. The van der Waals surface area contributed by atoms with E-state index in [2.05, 4.69) is 29.6 Å². The molecule has 2 N–H and O–H groups in total. The lowest BCUT2D eigenvalue weighted by Crippen LogP contribution is -2.58. The lowest BCUT2D eigenvalue weighted by Gasteiger charge is -2.47. The number of carbonyl (C=O) groups excluding carboxylic acids is 1. The van der Waals surface area contributed by atoms with Crippen LogP contribution >= 0.6 is 0 Å². The highest BCUT2D eigenvalue weighted by Gasteiger charge is 2.39. The van der Waals surface area contributed by atoms with Crippen molar-refractivity contribution in [2.75, 3.05) is 33.7 Å². The molecular weight excluding hydrogens is 214 g/mol. The second kappa shape index (κ2) is 4.94. The van der Waals surface area contributed by atoms with E-state index in [1.54, 1.807) is 0 Å². The lowest BCUT2D eigenvalue weighted by atomic mass is 9.75. The summed E-state index contributed by atoms with van der Waals surface area (Å²) in [6.45, 7) is 4.84. The molecule has 1 saturated heterocycles. The quantitative estimate of drug-likeness (QED) is 0.732. The molecule has 0 bridgehead atoms. The van der Waals surface area contributed by atoms with Crippen molar-refractivity contribution in [3.8, 4) is 0 Å². The molecule has 98 valence electrons. The van der Waals surface area contributed by atoms with E-state index >= 15 is 0 Å². The van der Waals surface area contributed by atoms with Crippen LogP contribution in [0.3, 0.4) is 0 Å². The van der Waals surface area contributed by atoms with Gasteiger partial charge in [0, 0.05) is 18.0 Å². The van der Waals surface area contributed by atoms with Crippen LogP contribution in [0.2, 0.25) is 0 Å². The van der Waals surface area contributed by atoms with Crippen molar-refractivity contribution >= 4 is 5.91 Å². The summed E-state index contributed by atoms with van der Waals surface area (Å²) in [5.74, 6) is 0.909. The zero-order valence-corrected chi connectivity index (χ0v) is 11.3. The van der Waals surface area contributed by atoms with Gasteiger partial charge in [0.15, 0.2) is 0 Å². The van der Waals surface area contributed by atoms with E-state index in [4.69, 9.17) is 0 Å². The summed E-state index contributed by atoms with van der Waals surface area (Å²) < 4.78 is 0. The van der Waals surface area contributed by atoms with Crippen LogP contribution in [0, 0.1) is 11.8 Å². The van der Waals surface area contributed by atoms with Crippen molar-refractivity contribution in [1.82, 2.24) is 15.5 Å². The Kier molecular flexibility index (Phi) is 3.73. The minimum Gasteiger partial charge on any atom is -0.354 e. The van der Waals surface area contributed by atoms with E-state index in [0.717, 1.165) is 19.6 Å². The van der Waals surface area contributed by atoms with E-state index in [1.807, 2.05) is 6.92 Å². The monoisotopic (exact) mass is 239 g/mol. The number of nitrogens with one attached hydrogen (secondary N) is 2. The molecular formula is C13H25N3O. The average Bonchev–Trinajstić information content (AvgIpc) is 2.12. The highest BCUT2D eigenvalue weighted by Crippen LogP contribution is 2.35. The van der Waals surface area contributed by atoms with Gasteiger partial charge in [0.2, 0.25) is 5.91 Å². The zero-order valence-electron chi connectivity index (χ0n) is 11.3. The summed E-state index contributed by atoms with van der Waals surface area (Å²) in [6.07, 6.45) is 3.70. The molecule has 1 heterocycles. The number of rotatable bonds is 5. The van der Waals surface area contributed by atoms with Crippen LogP contribution in [0.1, 0.15) is 26.2 Å². The molecule has 2 rings (SSSR count). The largest absolute Gasteiger partial charge is 0.354 e. The van der Waals surface area contributed by atoms with E-state index in [-0.39, 0.29) is 17.4 Å². The van der Waals surface area contributed by atoms with Crippen LogP contribution in [-0.2, 0) is 4.79 Å². The van der Waals surface area contributed by atoms with Gasteiger partial charge in [0.25, 0.3) is 0 Å². The smallest absolute Gasteiger partial charge is 0.223 e. The number of nitrogens with zero attached hydrogens (tertiary/aromatic N) is 1. The Morgan fingerprint density at radius 3 is 2.47 bits per heavy atom. The van der Waals surface area contributed by atoms with Gasteiger partial charge in [-0.3, -0.25) is 4.79 Å². The Morgan fingerprint density at radius 1 is 1.47 bits per heavy atom. The van der Waals surface area contributed by atoms with E-state index in [1.165, 1.54) is 19.3 Å². The van der Waals surface area contributed by atoms with E-state index in [9.17, 15) is 4.79 Å². The number of hydrogen-bond donors (Lipinski definition) is 2. The fourth-order valence-corrected chi connectivity index (χ4v) is 2.66. The molecule has 0 spiro atoms. The molecule has 4 nitrogen and oxygen atoms in total. The minimum absolute atomic E-state index is 0.149. The minimum atomic E-state index is 0.149. The SMILES string of the molecule is CC(C(=O)NCC1(N(C)C)CCC1)C1CNC1. The van der Waals surface area contributed by atoms with Gasteiger partial charge in [-0.05, 0) is 52.4 Å². The molecule has 1 unspecified atom stereocenters. The van der Waals surface area contributed by atoms with Crippen LogP contribution in [0.15, 0.2) is 0 Å². The summed E-state index contributed by atoms with van der Waals surface area (Å²) in [6, 6.07) is 0. The molecule has 0 aromatic carbocycles. The Morgan fingerprint density at radius 2 is 2.12 bits per heavy atom. The van der Waals surface area contributed by atoms with Gasteiger partial charge < -0.3 is 15.5 Å². The van der Waals surface area contributed by atoms with E-state index in [0.29, 0.717) is 5.92 Å². The molecule has 0 aromatic heterocycles. The van der Waals surface area contributed by atoms with Gasteiger partial charge in [0.1, 0.15) is 0 Å². The number of carbonyl (C=O) groups is 1. The van der Waals surface area contributed by atoms with Gasteiger partial charge in [0.05, 0.1) is 0 Å². The van der Waals surface area contributed by atoms with Crippen molar-refractivity contribution in [3.05, 3.63) is 0 Å². The summed E-state index contributed by atoms with van der Waals surface area (Å²) in [4.78, 5) is 14.3.